The van der Waals surface area contributed by atoms with Crippen LogP contribution in [0, 0.1) is 5.92 Å². The number of nitrogens with zero attached hydrogens (tertiary/aromatic N) is 2. The molecular formula is C15H25N3. The quantitative estimate of drug-likeness (QED) is 0.892. The molecule has 2 N–H and O–H groups in total. The largest absolute Gasteiger partial charge is 0.356 e. The van der Waals surface area contributed by atoms with Crippen LogP contribution >= 0.6 is 0 Å². The number of nitrogens with two attached hydrogens (primary N) is 1. The van der Waals surface area contributed by atoms with Gasteiger partial charge in [-0.2, -0.15) is 0 Å². The van der Waals surface area contributed by atoms with Gasteiger partial charge in [-0.3, -0.25) is 0 Å². The molecule has 1 aromatic rings. The molecule has 3 nitrogen and oxygen atoms in total. The molecule has 100 valence electrons. The van der Waals surface area contributed by atoms with Gasteiger partial charge in [0.15, 0.2) is 0 Å². The Morgan fingerprint density at radius 3 is 2.61 bits per heavy atom. The van der Waals surface area contributed by atoms with Crippen LogP contribution in [0.25, 0.3) is 0 Å². The van der Waals surface area contributed by atoms with Gasteiger partial charge in [0.1, 0.15) is 5.82 Å². The van der Waals surface area contributed by atoms with E-state index in [1.54, 1.807) is 0 Å². The fourth-order valence-electron chi connectivity index (χ4n) is 2.92. The molecule has 0 spiro atoms. The monoisotopic (exact) mass is 247 g/mol. The Kier molecular flexibility index (Phi) is 4.23. The minimum absolute atomic E-state index is 0.0606. The topological polar surface area (TPSA) is 42.1 Å². The Morgan fingerprint density at radius 2 is 2.06 bits per heavy atom. The smallest absolute Gasteiger partial charge is 0.128 e. The Morgan fingerprint density at radius 1 is 1.33 bits per heavy atom. The maximum Gasteiger partial charge on any atom is 0.128 e. The molecular weight excluding hydrogens is 222 g/mol. The highest BCUT2D eigenvalue weighted by Crippen LogP contribution is 2.29. The van der Waals surface area contributed by atoms with E-state index in [2.05, 4.69) is 36.0 Å². The lowest BCUT2D eigenvalue weighted by Gasteiger charge is -2.37. The Balaban J connectivity index is 2.10. The van der Waals surface area contributed by atoms with Crippen molar-refractivity contribution in [2.24, 2.45) is 11.7 Å². The lowest BCUT2D eigenvalue weighted by atomic mass is 9.85. The van der Waals surface area contributed by atoms with E-state index < -0.39 is 0 Å². The predicted octanol–water partition coefficient (Wildman–Crippen LogP) is 3.12. The minimum atomic E-state index is 0.0606. The zero-order valence-electron chi connectivity index (χ0n) is 11.8. The van der Waals surface area contributed by atoms with Crippen molar-refractivity contribution >= 4 is 5.82 Å². The van der Waals surface area contributed by atoms with Gasteiger partial charge < -0.3 is 10.6 Å². The molecule has 0 aliphatic heterocycles. The fraction of sp³-hybridized carbons (Fsp3) is 0.667. The maximum atomic E-state index is 5.85. The molecule has 1 aliphatic rings. The highest BCUT2D eigenvalue weighted by Gasteiger charge is 2.25. The van der Waals surface area contributed by atoms with Crippen molar-refractivity contribution in [3.63, 3.8) is 0 Å². The summed E-state index contributed by atoms with van der Waals surface area (Å²) in [6.45, 7) is 4.35. The van der Waals surface area contributed by atoms with E-state index in [9.17, 15) is 0 Å². The van der Waals surface area contributed by atoms with Crippen molar-refractivity contribution in [3.8, 4) is 0 Å². The molecule has 0 amide bonds. The molecule has 1 fully saturated rings. The average Bonchev–Trinajstić information content (AvgIpc) is 2.38. The molecule has 3 unspecified atom stereocenters. The molecule has 1 aliphatic carbocycles. The summed E-state index contributed by atoms with van der Waals surface area (Å²) in [5.74, 6) is 1.83. The number of hydrogen-bond acceptors (Lipinski definition) is 3. The minimum Gasteiger partial charge on any atom is -0.356 e. The molecule has 18 heavy (non-hydrogen) atoms. The second kappa shape index (κ2) is 5.70. The normalized spacial score (nSPS) is 25.8. The summed E-state index contributed by atoms with van der Waals surface area (Å²) in [6.07, 6.45) is 7.26. The molecule has 0 aromatic carbocycles. The standard InChI is InChI=1S/C15H25N3/c1-11-6-4-5-7-14(11)18(3)15-9-8-13(10-17-15)12(2)16/h8-12,14H,4-7,16H2,1-3H3. The maximum absolute atomic E-state index is 5.85. The van der Waals surface area contributed by atoms with Crippen molar-refractivity contribution in [1.82, 2.24) is 4.98 Å². The van der Waals surface area contributed by atoms with Crippen LogP contribution in [0.1, 0.15) is 51.1 Å². The van der Waals surface area contributed by atoms with Crippen LogP contribution in [0.4, 0.5) is 5.82 Å². The Labute approximate surface area is 110 Å². The van der Waals surface area contributed by atoms with Gasteiger partial charge in [0.25, 0.3) is 0 Å². The molecule has 0 bridgehead atoms. The van der Waals surface area contributed by atoms with Crippen LogP contribution in [-0.2, 0) is 0 Å². The second-order valence-corrected chi connectivity index (χ2v) is 5.68. The van der Waals surface area contributed by atoms with Gasteiger partial charge in [0.2, 0.25) is 0 Å². The van der Waals surface area contributed by atoms with Crippen LogP contribution in [0.2, 0.25) is 0 Å². The lowest BCUT2D eigenvalue weighted by molar-refractivity contribution is 0.320. The van der Waals surface area contributed by atoms with E-state index in [1.165, 1.54) is 25.7 Å². The number of pyridine rings is 1. The zero-order chi connectivity index (χ0) is 13.1. The molecule has 3 atom stereocenters. The highest BCUT2D eigenvalue weighted by atomic mass is 15.2. The van der Waals surface area contributed by atoms with Crippen molar-refractivity contribution in [2.45, 2.75) is 51.6 Å². The first kappa shape index (κ1) is 13.3. The Hall–Kier alpha value is -1.09. The molecule has 0 saturated heterocycles. The third-order valence-corrected chi connectivity index (χ3v) is 4.22. The van der Waals surface area contributed by atoms with Crippen LogP contribution in [0.15, 0.2) is 18.3 Å². The first-order valence-electron chi connectivity index (χ1n) is 7.04. The van der Waals surface area contributed by atoms with Crippen LogP contribution in [0.3, 0.4) is 0 Å². The van der Waals surface area contributed by atoms with E-state index in [1.807, 2.05) is 13.1 Å². The van der Waals surface area contributed by atoms with Gasteiger partial charge in [-0.05, 0) is 37.3 Å². The van der Waals surface area contributed by atoms with Gasteiger partial charge in [-0.1, -0.05) is 25.8 Å². The van der Waals surface area contributed by atoms with Gasteiger partial charge >= 0.3 is 0 Å². The zero-order valence-corrected chi connectivity index (χ0v) is 11.8. The second-order valence-electron chi connectivity index (χ2n) is 5.68. The van der Waals surface area contributed by atoms with E-state index in [0.717, 1.165) is 17.3 Å². The first-order chi connectivity index (χ1) is 8.59. The lowest BCUT2D eigenvalue weighted by Crippen LogP contribution is -2.39. The summed E-state index contributed by atoms with van der Waals surface area (Å²) in [5.41, 5.74) is 6.95. The summed E-state index contributed by atoms with van der Waals surface area (Å²) < 4.78 is 0. The Bertz CT molecular complexity index is 372. The highest BCUT2D eigenvalue weighted by molar-refractivity contribution is 5.40. The van der Waals surface area contributed by atoms with E-state index in [-0.39, 0.29) is 6.04 Å². The third-order valence-electron chi connectivity index (χ3n) is 4.22. The molecule has 1 aromatic heterocycles. The molecule has 1 saturated carbocycles. The van der Waals surface area contributed by atoms with Crippen molar-refractivity contribution in [1.29, 1.82) is 0 Å². The number of hydrogen-bond donors (Lipinski definition) is 1. The van der Waals surface area contributed by atoms with Gasteiger partial charge in [-0.15, -0.1) is 0 Å². The summed E-state index contributed by atoms with van der Waals surface area (Å²) in [7, 11) is 2.17. The fourth-order valence-corrected chi connectivity index (χ4v) is 2.92. The summed E-state index contributed by atoms with van der Waals surface area (Å²) in [6, 6.07) is 4.88. The van der Waals surface area contributed by atoms with Crippen LogP contribution < -0.4 is 10.6 Å². The summed E-state index contributed by atoms with van der Waals surface area (Å²) in [5, 5.41) is 0. The van der Waals surface area contributed by atoms with Gasteiger partial charge in [-0.25, -0.2) is 4.98 Å². The van der Waals surface area contributed by atoms with Crippen molar-refractivity contribution in [3.05, 3.63) is 23.9 Å². The van der Waals surface area contributed by atoms with Crippen LogP contribution in [-0.4, -0.2) is 18.1 Å². The van der Waals surface area contributed by atoms with Gasteiger partial charge in [0, 0.05) is 25.3 Å². The first-order valence-corrected chi connectivity index (χ1v) is 7.04. The number of rotatable bonds is 3. The molecule has 2 rings (SSSR count). The predicted molar refractivity (Wildman–Crippen MR) is 76.7 cm³/mol. The third kappa shape index (κ3) is 2.83. The molecule has 3 heteroatoms. The van der Waals surface area contributed by atoms with Crippen molar-refractivity contribution in [2.75, 3.05) is 11.9 Å². The number of aromatic nitrogens is 1. The van der Waals surface area contributed by atoms with Gasteiger partial charge in [0.05, 0.1) is 0 Å². The van der Waals surface area contributed by atoms with Crippen LogP contribution in [0.5, 0.6) is 0 Å². The summed E-state index contributed by atoms with van der Waals surface area (Å²) >= 11 is 0. The summed E-state index contributed by atoms with van der Waals surface area (Å²) in [4.78, 5) is 6.90. The molecule has 1 heterocycles. The van der Waals surface area contributed by atoms with Crippen molar-refractivity contribution < 1.29 is 0 Å². The van der Waals surface area contributed by atoms with E-state index >= 15 is 0 Å². The average molecular weight is 247 g/mol. The van der Waals surface area contributed by atoms with E-state index in [4.69, 9.17) is 5.73 Å². The molecule has 0 radical (unpaired) electrons. The SMILES string of the molecule is CC(N)c1ccc(N(C)C2CCCCC2C)nc1. The van der Waals surface area contributed by atoms with E-state index in [0.29, 0.717) is 6.04 Å². The number of anilines is 1.